The molecule has 0 unspecified atom stereocenters. The number of rotatable bonds is 6. The normalized spacial score (nSPS) is 34.0. The van der Waals surface area contributed by atoms with Gasteiger partial charge in [-0.1, -0.05) is 31.1 Å². The van der Waals surface area contributed by atoms with Crippen molar-refractivity contribution < 1.29 is 4.79 Å². The molecule has 270 valence electrons. The number of halogens is 3. The van der Waals surface area contributed by atoms with Crippen molar-refractivity contribution in [3.63, 3.8) is 0 Å². The molecule has 0 N–H and O–H groups in total. The summed E-state index contributed by atoms with van der Waals surface area (Å²) in [6, 6.07) is 4.83. The van der Waals surface area contributed by atoms with E-state index in [9.17, 15) is 10.1 Å². The highest BCUT2D eigenvalue weighted by Gasteiger charge is 2.57. The second kappa shape index (κ2) is 15.3. The summed E-state index contributed by atoms with van der Waals surface area (Å²) < 4.78 is 0. The molecule has 0 radical (unpaired) electrons. The zero-order valence-corrected chi connectivity index (χ0v) is 31.9. The van der Waals surface area contributed by atoms with Gasteiger partial charge < -0.3 is 14.7 Å². The summed E-state index contributed by atoms with van der Waals surface area (Å²) in [6.45, 7) is 14.7. The predicted molar refractivity (Wildman–Crippen MR) is 205 cm³/mol. The maximum atomic E-state index is 12.4. The Kier molecular flexibility index (Phi) is 11.9. The lowest BCUT2D eigenvalue weighted by Gasteiger charge is -2.54. The number of allylic oxidation sites excluding steroid dienone is 4. The molecule has 5 fully saturated rings. The maximum Gasteiger partial charge on any atom is 0.229 e. The predicted octanol–water partition coefficient (Wildman–Crippen LogP) is 7.27. The molecule has 3 aliphatic heterocycles. The lowest BCUT2D eigenvalue weighted by molar-refractivity contribution is -0.116. The van der Waals surface area contributed by atoms with Crippen molar-refractivity contribution in [2.45, 2.75) is 84.5 Å². The fourth-order valence-corrected chi connectivity index (χ4v) is 11.0. The smallest absolute Gasteiger partial charge is 0.229 e. The molecule has 4 heterocycles. The maximum absolute atomic E-state index is 12.4. The molecule has 0 aromatic carbocycles. The second-order valence-corrected chi connectivity index (χ2v) is 16.0. The molecule has 8 nitrogen and oxygen atoms in total. The molecule has 0 spiro atoms. The molecule has 1 aromatic rings. The van der Waals surface area contributed by atoms with Crippen molar-refractivity contribution in [3.8, 4) is 6.07 Å². The van der Waals surface area contributed by atoms with Gasteiger partial charge in [-0.3, -0.25) is 9.69 Å². The molecule has 11 heteroatoms. The van der Waals surface area contributed by atoms with Crippen LogP contribution in [0.1, 0.15) is 84.5 Å². The third-order valence-corrected chi connectivity index (χ3v) is 13.8. The number of carbonyl (C=O) groups excluding carboxylic acids is 1. The summed E-state index contributed by atoms with van der Waals surface area (Å²) in [7, 11) is 0. The first-order valence-corrected chi connectivity index (χ1v) is 18.6. The zero-order valence-electron chi connectivity index (χ0n) is 29.4. The topological polar surface area (TPSA) is 79.6 Å². The Morgan fingerprint density at radius 2 is 1.49 bits per heavy atom. The van der Waals surface area contributed by atoms with E-state index in [1.807, 2.05) is 6.08 Å². The molecule has 0 amide bonds. The van der Waals surface area contributed by atoms with E-state index < -0.39 is 0 Å². The first-order chi connectivity index (χ1) is 22.4. The van der Waals surface area contributed by atoms with E-state index in [1.54, 1.807) is 0 Å². The summed E-state index contributed by atoms with van der Waals surface area (Å²) in [6.07, 6.45) is 17.0. The standard InChI is InChI=1S/C38H53N7O.3ClH/c1-37-13-11-33-31(9-7-28-23-30(46)24-29(26-39)38(28,33)2)32(37)10-8-27(37)12-18-42-19-21-44(22-20-42)35-25-34(43-14-3-4-15-43)40-36(41-35)45-16-5-6-17-45;;;/h11,23,25,27,29,31-32H,3-10,12-22,24H2,1-2H3;3*1H/t27-,29-,31+,32+,37-,38-;;;/m1.../s1. The van der Waals surface area contributed by atoms with Crippen molar-refractivity contribution in [2.24, 2.45) is 34.5 Å². The van der Waals surface area contributed by atoms with Gasteiger partial charge in [0.1, 0.15) is 11.6 Å². The van der Waals surface area contributed by atoms with Gasteiger partial charge in [-0.25, -0.2) is 0 Å². The zero-order chi connectivity index (χ0) is 31.5. The Labute approximate surface area is 312 Å². The van der Waals surface area contributed by atoms with Crippen molar-refractivity contribution in [3.05, 3.63) is 29.4 Å². The van der Waals surface area contributed by atoms with E-state index in [0.29, 0.717) is 23.7 Å². The molecule has 3 saturated heterocycles. The number of aromatic nitrogens is 2. The number of anilines is 3. The SMILES string of the molecule is C[C@@]12C(=CC(=O)C[C@@H]1C#N)CC[C@@H]1C2=CC[C@]2(C)[C@@H](CCN3CCN(c4cc(N5CCCC5)nc(N5CCCC5)n4)CC3)CC[C@@H]12.Cl.Cl.Cl. The van der Waals surface area contributed by atoms with Gasteiger partial charge in [0.05, 0.1) is 12.0 Å². The summed E-state index contributed by atoms with van der Waals surface area (Å²) >= 11 is 0. The van der Waals surface area contributed by atoms with Crippen molar-refractivity contribution >= 4 is 60.6 Å². The first-order valence-electron chi connectivity index (χ1n) is 18.6. The van der Waals surface area contributed by atoms with Gasteiger partial charge in [0.2, 0.25) is 5.95 Å². The number of nitriles is 1. The highest BCUT2D eigenvalue weighted by atomic mass is 35.5. The molecule has 7 aliphatic rings. The quantitative estimate of drug-likeness (QED) is 0.283. The van der Waals surface area contributed by atoms with Crippen LogP contribution in [0.2, 0.25) is 0 Å². The van der Waals surface area contributed by atoms with Crippen LogP contribution in [0.25, 0.3) is 0 Å². The van der Waals surface area contributed by atoms with E-state index in [1.165, 1.54) is 62.6 Å². The van der Waals surface area contributed by atoms with Gasteiger partial charge in [-0.05, 0) is 100.0 Å². The van der Waals surface area contributed by atoms with E-state index in [-0.39, 0.29) is 54.3 Å². The van der Waals surface area contributed by atoms with Crippen molar-refractivity contribution in [1.82, 2.24) is 14.9 Å². The van der Waals surface area contributed by atoms with Crippen LogP contribution < -0.4 is 14.7 Å². The van der Waals surface area contributed by atoms with Crippen LogP contribution in [-0.2, 0) is 4.79 Å². The average Bonchev–Trinajstić information content (AvgIpc) is 3.86. The highest BCUT2D eigenvalue weighted by Crippen LogP contribution is 2.65. The minimum Gasteiger partial charge on any atom is -0.356 e. The summed E-state index contributed by atoms with van der Waals surface area (Å²) in [5.74, 6) is 5.15. The van der Waals surface area contributed by atoms with Crippen LogP contribution in [0.3, 0.4) is 0 Å². The minimum absolute atomic E-state index is 0. The Morgan fingerprint density at radius 3 is 2.14 bits per heavy atom. The molecular formula is C38H56Cl3N7O. The summed E-state index contributed by atoms with van der Waals surface area (Å²) in [4.78, 5) is 32.7. The Balaban J connectivity index is 0.00000156. The summed E-state index contributed by atoms with van der Waals surface area (Å²) in [5.41, 5.74) is 2.85. The van der Waals surface area contributed by atoms with Gasteiger partial charge in [0.25, 0.3) is 0 Å². The highest BCUT2D eigenvalue weighted by molar-refractivity contribution is 5.92. The number of piperazine rings is 1. The van der Waals surface area contributed by atoms with Gasteiger partial charge >= 0.3 is 0 Å². The Morgan fingerprint density at radius 1 is 0.857 bits per heavy atom. The van der Waals surface area contributed by atoms with Crippen LogP contribution in [-0.4, -0.2) is 79.6 Å². The Hall–Kier alpha value is -2.05. The van der Waals surface area contributed by atoms with Crippen LogP contribution in [0.15, 0.2) is 29.4 Å². The molecule has 6 atom stereocenters. The lowest BCUT2D eigenvalue weighted by atomic mass is 9.49. The third-order valence-electron chi connectivity index (χ3n) is 13.8. The van der Waals surface area contributed by atoms with Gasteiger partial charge in [-0.2, -0.15) is 15.2 Å². The monoisotopic (exact) mass is 731 g/mol. The lowest BCUT2D eigenvalue weighted by Crippen LogP contribution is -2.48. The first kappa shape index (κ1) is 38.2. The van der Waals surface area contributed by atoms with Crippen LogP contribution in [0.4, 0.5) is 17.6 Å². The second-order valence-electron chi connectivity index (χ2n) is 16.0. The number of nitrogens with zero attached hydrogens (tertiary/aromatic N) is 7. The number of hydrogen-bond donors (Lipinski definition) is 0. The number of carbonyl (C=O) groups is 1. The molecule has 0 bridgehead atoms. The van der Waals surface area contributed by atoms with E-state index in [4.69, 9.17) is 9.97 Å². The van der Waals surface area contributed by atoms with Crippen LogP contribution in [0.5, 0.6) is 0 Å². The molecule has 8 rings (SSSR count). The Bertz CT molecular complexity index is 1430. The molecular weight excluding hydrogens is 677 g/mol. The van der Waals surface area contributed by atoms with Crippen molar-refractivity contribution in [2.75, 3.05) is 73.6 Å². The molecule has 4 aliphatic carbocycles. The van der Waals surface area contributed by atoms with Crippen LogP contribution >= 0.6 is 37.2 Å². The molecule has 1 aromatic heterocycles. The van der Waals surface area contributed by atoms with Gasteiger partial charge in [-0.15, -0.1) is 37.2 Å². The number of hydrogen-bond acceptors (Lipinski definition) is 8. The van der Waals surface area contributed by atoms with Crippen molar-refractivity contribution in [1.29, 1.82) is 5.26 Å². The number of fused-ring (bicyclic) bond motifs is 5. The molecule has 49 heavy (non-hydrogen) atoms. The van der Waals surface area contributed by atoms with E-state index in [0.717, 1.165) is 95.1 Å². The largest absolute Gasteiger partial charge is 0.356 e. The minimum atomic E-state index is -0.237. The van der Waals surface area contributed by atoms with Gasteiger partial charge in [0.15, 0.2) is 5.78 Å². The number of ketones is 1. The van der Waals surface area contributed by atoms with Crippen LogP contribution in [0, 0.1) is 45.8 Å². The summed E-state index contributed by atoms with van der Waals surface area (Å²) in [5, 5.41) is 10.1. The molecule has 2 saturated carbocycles. The fraction of sp³-hybridized carbons (Fsp3) is 0.737. The average molecular weight is 733 g/mol. The van der Waals surface area contributed by atoms with E-state index >= 15 is 0 Å². The van der Waals surface area contributed by atoms with E-state index in [2.05, 4.69) is 51.7 Å². The fourth-order valence-electron chi connectivity index (χ4n) is 11.0. The third kappa shape index (κ3) is 6.72. The van der Waals surface area contributed by atoms with Gasteiger partial charge in [0, 0.05) is 70.3 Å².